The van der Waals surface area contributed by atoms with Gasteiger partial charge in [0.1, 0.15) is 5.75 Å². The number of hydrogen-bond acceptors (Lipinski definition) is 3. The van der Waals surface area contributed by atoms with Gasteiger partial charge in [0, 0.05) is 10.4 Å². The lowest BCUT2D eigenvalue weighted by Gasteiger charge is -2.11. The molecule has 100 valence electrons. The fourth-order valence-electron chi connectivity index (χ4n) is 1.56. The summed E-state index contributed by atoms with van der Waals surface area (Å²) in [5.74, 6) is -0.391. The quantitative estimate of drug-likeness (QED) is 0.776. The van der Waals surface area contributed by atoms with Crippen molar-refractivity contribution in [3.63, 3.8) is 0 Å². The largest absolute Gasteiger partial charge is 0.573 e. The van der Waals surface area contributed by atoms with Crippen LogP contribution in [0.3, 0.4) is 0 Å². The fraction of sp³-hybridized carbons (Fsp3) is 0.154. The molecule has 0 atom stereocenters. The second-order valence-electron chi connectivity index (χ2n) is 3.76. The SMILES string of the molecule is CC(=O)c1ccc(-c2ccccc2OC(F)(F)F)s1. The highest BCUT2D eigenvalue weighted by Gasteiger charge is 2.32. The molecule has 0 saturated carbocycles. The zero-order chi connectivity index (χ0) is 14.0. The van der Waals surface area contributed by atoms with Crippen LogP contribution in [0.5, 0.6) is 5.75 Å². The highest BCUT2D eigenvalue weighted by Crippen LogP contribution is 2.37. The third-order valence-electron chi connectivity index (χ3n) is 2.33. The highest BCUT2D eigenvalue weighted by atomic mass is 32.1. The van der Waals surface area contributed by atoms with Crippen LogP contribution in [0.2, 0.25) is 0 Å². The molecule has 2 aromatic rings. The molecule has 0 aliphatic rings. The van der Waals surface area contributed by atoms with Gasteiger partial charge >= 0.3 is 6.36 Å². The summed E-state index contributed by atoms with van der Waals surface area (Å²) in [5.41, 5.74) is 0.317. The van der Waals surface area contributed by atoms with Crippen molar-refractivity contribution in [2.75, 3.05) is 0 Å². The molecule has 0 fully saturated rings. The molecular weight excluding hydrogens is 277 g/mol. The number of benzene rings is 1. The molecule has 0 amide bonds. The van der Waals surface area contributed by atoms with E-state index < -0.39 is 6.36 Å². The molecule has 1 aromatic heterocycles. The monoisotopic (exact) mass is 286 g/mol. The van der Waals surface area contributed by atoms with Crippen LogP contribution in [0, 0.1) is 0 Å². The Hall–Kier alpha value is -1.82. The Morgan fingerprint density at radius 2 is 1.84 bits per heavy atom. The molecule has 0 saturated heterocycles. The first-order chi connectivity index (χ1) is 8.87. The van der Waals surface area contributed by atoms with E-state index in [9.17, 15) is 18.0 Å². The van der Waals surface area contributed by atoms with Crippen LogP contribution in [0.1, 0.15) is 16.6 Å². The predicted octanol–water partition coefficient (Wildman–Crippen LogP) is 4.52. The summed E-state index contributed by atoms with van der Waals surface area (Å²) in [6, 6.07) is 9.05. The lowest BCUT2D eigenvalue weighted by Crippen LogP contribution is -2.17. The Labute approximate surface area is 111 Å². The van der Waals surface area contributed by atoms with E-state index in [2.05, 4.69) is 4.74 Å². The third-order valence-corrected chi connectivity index (χ3v) is 3.55. The first-order valence-electron chi connectivity index (χ1n) is 5.33. The predicted molar refractivity (Wildman–Crippen MR) is 66.4 cm³/mol. The van der Waals surface area contributed by atoms with Gasteiger partial charge in [-0.05, 0) is 31.2 Å². The van der Waals surface area contributed by atoms with Gasteiger partial charge in [0.05, 0.1) is 4.88 Å². The molecule has 1 heterocycles. The summed E-state index contributed by atoms with van der Waals surface area (Å²) in [4.78, 5) is 12.3. The van der Waals surface area contributed by atoms with Crippen molar-refractivity contribution in [2.24, 2.45) is 0 Å². The molecule has 0 aliphatic heterocycles. The number of ether oxygens (including phenoxy) is 1. The Morgan fingerprint density at radius 3 is 2.42 bits per heavy atom. The molecule has 0 N–H and O–H groups in total. The average molecular weight is 286 g/mol. The zero-order valence-electron chi connectivity index (χ0n) is 9.82. The van der Waals surface area contributed by atoms with E-state index in [0.717, 1.165) is 11.3 Å². The Bertz CT molecular complexity index is 602. The van der Waals surface area contributed by atoms with Crippen molar-refractivity contribution in [2.45, 2.75) is 13.3 Å². The molecule has 0 unspecified atom stereocenters. The van der Waals surface area contributed by atoms with Crippen molar-refractivity contribution < 1.29 is 22.7 Å². The maximum atomic E-state index is 12.3. The second kappa shape index (κ2) is 5.05. The van der Waals surface area contributed by atoms with Crippen molar-refractivity contribution in [1.29, 1.82) is 0 Å². The fourth-order valence-corrected chi connectivity index (χ4v) is 2.49. The van der Waals surface area contributed by atoms with Gasteiger partial charge in [-0.15, -0.1) is 24.5 Å². The van der Waals surface area contributed by atoms with Crippen LogP contribution >= 0.6 is 11.3 Å². The number of ketones is 1. The summed E-state index contributed by atoms with van der Waals surface area (Å²) in [6.45, 7) is 1.41. The van der Waals surface area contributed by atoms with Crippen LogP contribution in [0.15, 0.2) is 36.4 Å². The molecule has 1 aromatic carbocycles. The van der Waals surface area contributed by atoms with Crippen molar-refractivity contribution >= 4 is 17.1 Å². The molecule has 2 rings (SSSR count). The van der Waals surface area contributed by atoms with Crippen LogP contribution < -0.4 is 4.74 Å². The minimum atomic E-state index is -4.74. The van der Waals surface area contributed by atoms with E-state index in [0.29, 0.717) is 15.3 Å². The molecule has 2 nitrogen and oxygen atoms in total. The van der Waals surface area contributed by atoms with E-state index in [1.165, 1.54) is 25.1 Å². The van der Waals surface area contributed by atoms with Crippen LogP contribution in [0.4, 0.5) is 13.2 Å². The number of carbonyl (C=O) groups excluding carboxylic acids is 1. The number of carbonyl (C=O) groups is 1. The van der Waals surface area contributed by atoms with Gasteiger partial charge in [-0.1, -0.05) is 12.1 Å². The first kappa shape index (κ1) is 13.6. The molecule has 6 heteroatoms. The average Bonchev–Trinajstić information content (AvgIpc) is 2.76. The normalized spacial score (nSPS) is 11.4. The third kappa shape index (κ3) is 3.35. The summed E-state index contributed by atoms with van der Waals surface area (Å²) < 4.78 is 40.9. The number of thiophene rings is 1. The number of hydrogen-bond donors (Lipinski definition) is 0. The van der Waals surface area contributed by atoms with Crippen molar-refractivity contribution in [3.8, 4) is 16.2 Å². The van der Waals surface area contributed by atoms with E-state index in [4.69, 9.17) is 0 Å². The summed E-state index contributed by atoms with van der Waals surface area (Å²) in [5, 5.41) is 0. The molecule has 0 bridgehead atoms. The maximum absolute atomic E-state index is 12.3. The molecule has 19 heavy (non-hydrogen) atoms. The number of alkyl halides is 3. The van der Waals surface area contributed by atoms with Gasteiger partial charge in [0.25, 0.3) is 0 Å². The number of Topliss-reactive ketones (excluding diaryl/α,β-unsaturated/α-hetero) is 1. The van der Waals surface area contributed by atoms with Gasteiger partial charge in [0.15, 0.2) is 5.78 Å². The smallest absolute Gasteiger partial charge is 0.405 e. The summed E-state index contributed by atoms with van der Waals surface area (Å²) in [6.07, 6.45) is -4.74. The number of halogens is 3. The highest BCUT2D eigenvalue weighted by molar-refractivity contribution is 7.17. The van der Waals surface area contributed by atoms with Gasteiger partial charge in [-0.2, -0.15) is 0 Å². The van der Waals surface area contributed by atoms with Crippen molar-refractivity contribution in [1.82, 2.24) is 0 Å². The molecule has 0 radical (unpaired) electrons. The number of rotatable bonds is 3. The van der Waals surface area contributed by atoms with Crippen LogP contribution in [-0.4, -0.2) is 12.1 Å². The first-order valence-corrected chi connectivity index (χ1v) is 6.14. The van der Waals surface area contributed by atoms with Gasteiger partial charge in [-0.3, -0.25) is 4.79 Å². The standard InChI is InChI=1S/C13H9F3O2S/c1-8(17)11-6-7-12(19-11)9-4-2-3-5-10(9)18-13(14,15)16/h2-7H,1H3. The number of para-hydroxylation sites is 1. The minimum Gasteiger partial charge on any atom is -0.405 e. The Morgan fingerprint density at radius 1 is 1.16 bits per heavy atom. The molecule has 0 aliphatic carbocycles. The Kier molecular flexibility index (Phi) is 3.61. The van der Waals surface area contributed by atoms with Crippen LogP contribution in [0.25, 0.3) is 10.4 Å². The van der Waals surface area contributed by atoms with Gasteiger partial charge in [0.2, 0.25) is 0 Å². The van der Waals surface area contributed by atoms with Crippen LogP contribution in [-0.2, 0) is 0 Å². The van der Waals surface area contributed by atoms with Gasteiger partial charge < -0.3 is 4.74 Å². The van der Waals surface area contributed by atoms with Gasteiger partial charge in [-0.25, -0.2) is 0 Å². The second-order valence-corrected chi connectivity index (χ2v) is 4.85. The van der Waals surface area contributed by atoms with Crippen molar-refractivity contribution in [3.05, 3.63) is 41.3 Å². The van der Waals surface area contributed by atoms with E-state index >= 15 is 0 Å². The summed E-state index contributed by atoms with van der Waals surface area (Å²) in [7, 11) is 0. The molecule has 0 spiro atoms. The Balaban J connectivity index is 2.41. The van der Waals surface area contributed by atoms with E-state index in [-0.39, 0.29) is 11.5 Å². The maximum Gasteiger partial charge on any atom is 0.573 e. The van der Waals surface area contributed by atoms with E-state index in [1.807, 2.05) is 0 Å². The topological polar surface area (TPSA) is 26.3 Å². The lowest BCUT2D eigenvalue weighted by atomic mass is 10.1. The molecular formula is C13H9F3O2S. The minimum absolute atomic E-state index is 0.120. The van der Waals surface area contributed by atoms with E-state index in [1.54, 1.807) is 18.2 Å². The zero-order valence-corrected chi connectivity index (χ0v) is 10.6. The lowest BCUT2D eigenvalue weighted by molar-refractivity contribution is -0.274. The summed E-state index contributed by atoms with van der Waals surface area (Å²) >= 11 is 1.14.